The van der Waals surface area contributed by atoms with E-state index in [-0.39, 0.29) is 17.4 Å². The summed E-state index contributed by atoms with van der Waals surface area (Å²) >= 11 is 0. The Hall–Kier alpha value is -3.09. The van der Waals surface area contributed by atoms with Crippen LogP contribution in [0.2, 0.25) is 0 Å². The number of rotatable bonds is 3. The lowest BCUT2D eigenvalue weighted by atomic mass is 10.2. The van der Waals surface area contributed by atoms with E-state index in [2.05, 4.69) is 15.6 Å². The third kappa shape index (κ3) is 3.39. The van der Waals surface area contributed by atoms with E-state index in [1.54, 1.807) is 18.2 Å². The standard InChI is InChI=1S/C16H16N4O3/c21-13-2-1-7-18-15(13)16(23)19-11-3-5-12(6-4-11)20-9-8-17-14(22)10-20/h1-7,21H,8-10H2,(H,17,22)(H,19,23). The Balaban J connectivity index is 1.69. The molecule has 1 aromatic carbocycles. The van der Waals surface area contributed by atoms with Crippen molar-refractivity contribution < 1.29 is 14.7 Å². The predicted octanol–water partition coefficient (Wildman–Crippen LogP) is 0.976. The quantitative estimate of drug-likeness (QED) is 0.785. The number of carbonyl (C=O) groups is 2. The maximum Gasteiger partial charge on any atom is 0.278 e. The molecule has 118 valence electrons. The van der Waals surface area contributed by atoms with E-state index in [4.69, 9.17) is 0 Å². The molecule has 0 aliphatic carbocycles. The molecule has 2 aromatic rings. The zero-order valence-electron chi connectivity index (χ0n) is 12.3. The van der Waals surface area contributed by atoms with Gasteiger partial charge in [0.15, 0.2) is 5.69 Å². The van der Waals surface area contributed by atoms with Crippen LogP contribution in [-0.4, -0.2) is 41.5 Å². The normalized spacial score (nSPS) is 14.3. The minimum absolute atomic E-state index is 0.000688. The molecule has 1 saturated heterocycles. The summed E-state index contributed by atoms with van der Waals surface area (Å²) in [4.78, 5) is 29.3. The summed E-state index contributed by atoms with van der Waals surface area (Å²) in [6.07, 6.45) is 1.44. The number of carbonyl (C=O) groups excluding carboxylic acids is 2. The van der Waals surface area contributed by atoms with Gasteiger partial charge < -0.3 is 20.6 Å². The molecule has 0 bridgehead atoms. The van der Waals surface area contributed by atoms with Crippen LogP contribution in [0.15, 0.2) is 42.6 Å². The van der Waals surface area contributed by atoms with Gasteiger partial charge in [0.25, 0.3) is 5.91 Å². The number of aromatic nitrogens is 1. The van der Waals surface area contributed by atoms with E-state index in [1.165, 1.54) is 12.3 Å². The molecule has 3 N–H and O–H groups in total. The lowest BCUT2D eigenvalue weighted by Crippen LogP contribution is -2.47. The molecular formula is C16H16N4O3. The SMILES string of the molecule is O=C1CN(c2ccc(NC(=O)c3ncccc3O)cc2)CCN1. The van der Waals surface area contributed by atoms with Crippen LogP contribution in [-0.2, 0) is 4.79 Å². The molecule has 2 amide bonds. The number of nitrogens with one attached hydrogen (secondary N) is 2. The number of piperazine rings is 1. The van der Waals surface area contributed by atoms with E-state index in [9.17, 15) is 14.7 Å². The van der Waals surface area contributed by atoms with Crippen molar-refractivity contribution >= 4 is 23.2 Å². The molecule has 1 fully saturated rings. The summed E-state index contributed by atoms with van der Waals surface area (Å²) in [5.74, 6) is -0.645. The lowest BCUT2D eigenvalue weighted by Gasteiger charge is -2.28. The highest BCUT2D eigenvalue weighted by Gasteiger charge is 2.17. The number of hydrogen-bond acceptors (Lipinski definition) is 5. The average Bonchev–Trinajstić information content (AvgIpc) is 2.56. The highest BCUT2D eigenvalue weighted by molar-refractivity contribution is 6.04. The Morgan fingerprint density at radius 1 is 1.26 bits per heavy atom. The third-order valence-electron chi connectivity index (χ3n) is 3.53. The van der Waals surface area contributed by atoms with Crippen molar-refractivity contribution in [1.29, 1.82) is 0 Å². The summed E-state index contributed by atoms with van der Waals surface area (Å²) in [7, 11) is 0. The number of anilines is 2. The van der Waals surface area contributed by atoms with Crippen LogP contribution in [0, 0.1) is 0 Å². The molecule has 23 heavy (non-hydrogen) atoms. The number of amides is 2. The van der Waals surface area contributed by atoms with Crippen molar-refractivity contribution in [3.05, 3.63) is 48.3 Å². The molecule has 0 saturated carbocycles. The summed E-state index contributed by atoms with van der Waals surface area (Å²) < 4.78 is 0. The molecule has 3 rings (SSSR count). The van der Waals surface area contributed by atoms with Crippen molar-refractivity contribution in [2.75, 3.05) is 29.9 Å². The monoisotopic (exact) mass is 312 g/mol. The fraction of sp³-hybridized carbons (Fsp3) is 0.188. The first-order valence-electron chi connectivity index (χ1n) is 7.20. The van der Waals surface area contributed by atoms with E-state index < -0.39 is 5.91 Å². The highest BCUT2D eigenvalue weighted by Crippen LogP contribution is 2.20. The maximum atomic E-state index is 12.1. The Morgan fingerprint density at radius 2 is 2.04 bits per heavy atom. The van der Waals surface area contributed by atoms with Gasteiger partial charge in [-0.25, -0.2) is 4.98 Å². The fourth-order valence-electron chi connectivity index (χ4n) is 2.38. The van der Waals surface area contributed by atoms with Crippen LogP contribution in [0.4, 0.5) is 11.4 Å². The number of nitrogens with zero attached hydrogens (tertiary/aromatic N) is 2. The third-order valence-corrected chi connectivity index (χ3v) is 3.53. The molecule has 0 atom stereocenters. The number of pyridine rings is 1. The molecule has 1 aliphatic heterocycles. The second kappa shape index (κ2) is 6.35. The number of aromatic hydroxyl groups is 1. The molecular weight excluding hydrogens is 296 g/mol. The molecule has 7 heteroatoms. The average molecular weight is 312 g/mol. The van der Waals surface area contributed by atoms with Crippen LogP contribution < -0.4 is 15.5 Å². The molecule has 1 aromatic heterocycles. The van der Waals surface area contributed by atoms with E-state index in [1.807, 2.05) is 17.0 Å². The first-order chi connectivity index (χ1) is 11.1. The van der Waals surface area contributed by atoms with Gasteiger partial charge in [-0.1, -0.05) is 0 Å². The topological polar surface area (TPSA) is 94.6 Å². The van der Waals surface area contributed by atoms with E-state index >= 15 is 0 Å². The predicted molar refractivity (Wildman–Crippen MR) is 85.5 cm³/mol. The molecule has 2 heterocycles. The minimum atomic E-state index is -0.479. The second-order valence-corrected chi connectivity index (χ2v) is 5.14. The Labute approximate surface area is 133 Å². The largest absolute Gasteiger partial charge is 0.505 e. The van der Waals surface area contributed by atoms with Gasteiger partial charge in [0.05, 0.1) is 6.54 Å². The molecule has 1 aliphatic rings. The van der Waals surface area contributed by atoms with Gasteiger partial charge >= 0.3 is 0 Å². The van der Waals surface area contributed by atoms with Crippen LogP contribution >= 0.6 is 0 Å². The van der Waals surface area contributed by atoms with Crippen molar-refractivity contribution in [1.82, 2.24) is 10.3 Å². The molecule has 0 spiro atoms. The Bertz CT molecular complexity index is 730. The Kier molecular flexibility index (Phi) is 4.09. The van der Waals surface area contributed by atoms with Crippen molar-refractivity contribution in [2.45, 2.75) is 0 Å². The van der Waals surface area contributed by atoms with Crippen LogP contribution in [0.1, 0.15) is 10.5 Å². The van der Waals surface area contributed by atoms with Gasteiger partial charge in [-0.05, 0) is 36.4 Å². The molecule has 0 radical (unpaired) electrons. The fourth-order valence-corrected chi connectivity index (χ4v) is 2.38. The van der Waals surface area contributed by atoms with Gasteiger partial charge in [-0.2, -0.15) is 0 Å². The first-order valence-corrected chi connectivity index (χ1v) is 7.20. The van der Waals surface area contributed by atoms with E-state index in [0.29, 0.717) is 18.8 Å². The van der Waals surface area contributed by atoms with Crippen molar-refractivity contribution in [2.24, 2.45) is 0 Å². The minimum Gasteiger partial charge on any atom is -0.505 e. The summed E-state index contributed by atoms with van der Waals surface area (Å²) in [6.45, 7) is 1.70. The zero-order chi connectivity index (χ0) is 16.2. The van der Waals surface area contributed by atoms with E-state index in [0.717, 1.165) is 12.2 Å². The Morgan fingerprint density at radius 3 is 2.74 bits per heavy atom. The second-order valence-electron chi connectivity index (χ2n) is 5.14. The number of hydrogen-bond donors (Lipinski definition) is 3. The van der Waals surface area contributed by atoms with Crippen molar-refractivity contribution in [3.8, 4) is 5.75 Å². The van der Waals surface area contributed by atoms with Crippen molar-refractivity contribution in [3.63, 3.8) is 0 Å². The highest BCUT2D eigenvalue weighted by atomic mass is 16.3. The van der Waals surface area contributed by atoms with Gasteiger partial charge in [0, 0.05) is 30.7 Å². The van der Waals surface area contributed by atoms with Gasteiger partial charge in [0.2, 0.25) is 5.91 Å². The number of benzene rings is 1. The summed E-state index contributed by atoms with van der Waals surface area (Å²) in [6, 6.07) is 10.1. The summed E-state index contributed by atoms with van der Waals surface area (Å²) in [5.41, 5.74) is 1.48. The summed E-state index contributed by atoms with van der Waals surface area (Å²) in [5, 5.41) is 15.1. The lowest BCUT2D eigenvalue weighted by molar-refractivity contribution is -0.120. The smallest absolute Gasteiger partial charge is 0.278 e. The maximum absolute atomic E-state index is 12.1. The van der Waals surface area contributed by atoms with Gasteiger partial charge in [0.1, 0.15) is 5.75 Å². The van der Waals surface area contributed by atoms with Crippen LogP contribution in [0.25, 0.3) is 0 Å². The first kappa shape index (κ1) is 14.8. The van der Waals surface area contributed by atoms with Crippen LogP contribution in [0.5, 0.6) is 5.75 Å². The van der Waals surface area contributed by atoms with Gasteiger partial charge in [-0.3, -0.25) is 9.59 Å². The zero-order valence-corrected chi connectivity index (χ0v) is 12.3. The molecule has 0 unspecified atom stereocenters. The molecule has 7 nitrogen and oxygen atoms in total. The van der Waals surface area contributed by atoms with Gasteiger partial charge in [-0.15, -0.1) is 0 Å². The van der Waals surface area contributed by atoms with Crippen LogP contribution in [0.3, 0.4) is 0 Å².